The van der Waals surface area contributed by atoms with E-state index < -0.39 is 0 Å². The molecule has 0 aliphatic heterocycles. The number of benzene rings is 3. The summed E-state index contributed by atoms with van der Waals surface area (Å²) >= 11 is 0. The second-order valence-electron chi connectivity index (χ2n) is 10.7. The molecular weight excluding hydrogens is 440 g/mol. The molecule has 0 atom stereocenters. The molecule has 194 valence electrons. The number of rotatable bonds is 16. The van der Waals surface area contributed by atoms with Gasteiger partial charge in [0.1, 0.15) is 11.5 Å². The van der Waals surface area contributed by atoms with Crippen LogP contribution in [0.5, 0.6) is 11.5 Å². The van der Waals surface area contributed by atoms with Gasteiger partial charge in [0.2, 0.25) is 0 Å². The van der Waals surface area contributed by atoms with Crippen LogP contribution >= 0.6 is 0 Å². The zero-order valence-corrected chi connectivity index (χ0v) is 22.5. The molecule has 0 saturated carbocycles. The molecule has 0 saturated heterocycles. The Morgan fingerprint density at radius 2 is 1.00 bits per heavy atom. The van der Waals surface area contributed by atoms with Crippen LogP contribution in [0.25, 0.3) is 11.1 Å². The van der Waals surface area contributed by atoms with Gasteiger partial charge in [0.05, 0.1) is 0 Å². The summed E-state index contributed by atoms with van der Waals surface area (Å²) < 4.78 is 0. The number of aryl methyl sites for hydroxylation is 2. The van der Waals surface area contributed by atoms with Crippen molar-refractivity contribution in [3.63, 3.8) is 0 Å². The highest BCUT2D eigenvalue weighted by molar-refractivity contribution is 5.70. The zero-order chi connectivity index (χ0) is 25.6. The van der Waals surface area contributed by atoms with Crippen LogP contribution in [0.15, 0.2) is 66.7 Å². The van der Waals surface area contributed by atoms with Gasteiger partial charge in [-0.05, 0) is 72.1 Å². The molecule has 3 rings (SSSR count). The maximum Gasteiger partial charge on any atom is 0.123 e. The number of aromatic hydroxyl groups is 2. The molecule has 0 spiro atoms. The maximum absolute atomic E-state index is 10.2. The normalized spacial score (nSPS) is 11.3. The average Bonchev–Trinajstić information content (AvgIpc) is 2.89. The Hall–Kier alpha value is -2.74. The Morgan fingerprint density at radius 1 is 0.528 bits per heavy atom. The maximum atomic E-state index is 10.2. The first kappa shape index (κ1) is 27.8. The predicted molar refractivity (Wildman–Crippen MR) is 154 cm³/mol. The summed E-state index contributed by atoms with van der Waals surface area (Å²) in [4.78, 5) is 0. The van der Waals surface area contributed by atoms with E-state index in [1.165, 1.54) is 81.8 Å². The first-order valence-electron chi connectivity index (χ1n) is 14.2. The summed E-state index contributed by atoms with van der Waals surface area (Å²) in [7, 11) is 0. The lowest BCUT2D eigenvalue weighted by Crippen LogP contribution is -1.92. The molecule has 2 N–H and O–H groups in total. The summed E-state index contributed by atoms with van der Waals surface area (Å²) in [6.45, 7) is 4.27. The highest BCUT2D eigenvalue weighted by Crippen LogP contribution is 2.30. The van der Waals surface area contributed by atoms with Gasteiger partial charge in [-0.1, -0.05) is 120 Å². The van der Waals surface area contributed by atoms with Gasteiger partial charge in [-0.25, -0.2) is 0 Å². The molecule has 3 aromatic rings. The van der Waals surface area contributed by atoms with Crippen molar-refractivity contribution in [1.29, 1.82) is 0 Å². The molecule has 0 amide bonds. The molecule has 0 unspecified atom stereocenters. The van der Waals surface area contributed by atoms with Crippen molar-refractivity contribution < 1.29 is 10.2 Å². The third kappa shape index (κ3) is 9.37. The molecule has 0 radical (unpaired) electrons. The van der Waals surface area contributed by atoms with Crippen LogP contribution in [0.2, 0.25) is 0 Å². The molecule has 0 bridgehead atoms. The fourth-order valence-electron chi connectivity index (χ4n) is 5.06. The second kappa shape index (κ2) is 15.4. The molecular formula is C34H46O2. The minimum atomic E-state index is 0.363. The van der Waals surface area contributed by atoms with Crippen molar-refractivity contribution in [2.75, 3.05) is 0 Å². The van der Waals surface area contributed by atoms with E-state index in [2.05, 4.69) is 50.2 Å². The summed E-state index contributed by atoms with van der Waals surface area (Å²) in [6.07, 6.45) is 16.8. The van der Waals surface area contributed by atoms with E-state index in [1.54, 1.807) is 0 Å². The zero-order valence-electron chi connectivity index (χ0n) is 22.5. The fraction of sp³-hybridized carbons (Fsp3) is 0.471. The van der Waals surface area contributed by atoms with Gasteiger partial charge < -0.3 is 10.2 Å². The lowest BCUT2D eigenvalue weighted by Gasteiger charge is -2.10. The van der Waals surface area contributed by atoms with Crippen LogP contribution in [0, 0.1) is 0 Å². The number of phenolic OH excluding ortho intramolecular Hbond substituents is 2. The Balaban J connectivity index is 1.18. The first-order valence-corrected chi connectivity index (χ1v) is 14.2. The van der Waals surface area contributed by atoms with Crippen LogP contribution < -0.4 is 0 Å². The number of unbranched alkanes of at least 4 members (excludes halogenated alkanes) is 10. The minimum absolute atomic E-state index is 0.363. The lowest BCUT2D eigenvalue weighted by molar-refractivity contribution is 0.464. The molecule has 0 heterocycles. The van der Waals surface area contributed by atoms with Gasteiger partial charge in [-0.2, -0.15) is 0 Å². The predicted octanol–water partition coefficient (Wildman–Crippen LogP) is 9.96. The van der Waals surface area contributed by atoms with Crippen molar-refractivity contribution in [1.82, 2.24) is 0 Å². The van der Waals surface area contributed by atoms with E-state index in [1.807, 2.05) is 30.3 Å². The topological polar surface area (TPSA) is 40.5 Å². The van der Waals surface area contributed by atoms with Crippen molar-refractivity contribution in [2.45, 2.75) is 103 Å². The van der Waals surface area contributed by atoms with Crippen LogP contribution in [-0.4, -0.2) is 10.2 Å². The van der Waals surface area contributed by atoms with Gasteiger partial charge in [0.15, 0.2) is 0 Å². The van der Waals surface area contributed by atoms with E-state index >= 15 is 0 Å². The third-order valence-corrected chi connectivity index (χ3v) is 7.29. The molecule has 0 aliphatic carbocycles. The summed E-state index contributed by atoms with van der Waals surface area (Å²) in [5.41, 5.74) is 5.77. The second-order valence-corrected chi connectivity index (χ2v) is 10.7. The van der Waals surface area contributed by atoms with Gasteiger partial charge in [0, 0.05) is 5.56 Å². The highest BCUT2D eigenvalue weighted by Gasteiger charge is 2.07. The lowest BCUT2D eigenvalue weighted by atomic mass is 9.97. The van der Waals surface area contributed by atoms with E-state index in [9.17, 15) is 10.2 Å². The fourth-order valence-corrected chi connectivity index (χ4v) is 5.06. The standard InChI is InChI=1S/C34H46O2/c1-27(2)31-25-28(21-23-33(31)35)17-13-10-8-6-4-3-5-7-9-11-14-18-29-22-24-34(36)32(26-29)30-19-15-12-16-20-30/h12,15-16,19-27,35-36H,3-11,13-14,17-18H2,1-2H3. The van der Waals surface area contributed by atoms with Gasteiger partial charge >= 0.3 is 0 Å². The van der Waals surface area contributed by atoms with Crippen LogP contribution in [0.3, 0.4) is 0 Å². The van der Waals surface area contributed by atoms with E-state index in [0.717, 1.165) is 29.5 Å². The van der Waals surface area contributed by atoms with Gasteiger partial charge in [-0.15, -0.1) is 0 Å². The highest BCUT2D eigenvalue weighted by atomic mass is 16.3. The first-order chi connectivity index (χ1) is 17.5. The summed E-state index contributed by atoms with van der Waals surface area (Å²) in [6, 6.07) is 22.3. The van der Waals surface area contributed by atoms with Crippen LogP contribution in [0.4, 0.5) is 0 Å². The molecule has 36 heavy (non-hydrogen) atoms. The molecule has 2 nitrogen and oxygen atoms in total. The average molecular weight is 487 g/mol. The van der Waals surface area contributed by atoms with Gasteiger partial charge in [-0.3, -0.25) is 0 Å². The quantitative estimate of drug-likeness (QED) is 0.198. The van der Waals surface area contributed by atoms with E-state index in [4.69, 9.17) is 0 Å². The molecule has 0 aromatic heterocycles. The van der Waals surface area contributed by atoms with E-state index in [0.29, 0.717) is 17.4 Å². The summed E-state index contributed by atoms with van der Waals surface area (Å²) in [5, 5.41) is 20.2. The molecule has 0 fully saturated rings. The van der Waals surface area contributed by atoms with Crippen molar-refractivity contribution in [3.05, 3.63) is 83.4 Å². The molecule has 3 aromatic carbocycles. The third-order valence-electron chi connectivity index (χ3n) is 7.29. The van der Waals surface area contributed by atoms with E-state index in [-0.39, 0.29) is 0 Å². The Labute approximate surface area is 219 Å². The van der Waals surface area contributed by atoms with Crippen LogP contribution in [0.1, 0.15) is 107 Å². The Morgan fingerprint density at radius 3 is 1.53 bits per heavy atom. The molecule has 2 heteroatoms. The molecule has 0 aliphatic rings. The number of hydrogen-bond acceptors (Lipinski definition) is 2. The summed E-state index contributed by atoms with van der Waals surface area (Å²) in [5.74, 6) is 1.17. The van der Waals surface area contributed by atoms with Crippen LogP contribution in [-0.2, 0) is 12.8 Å². The number of phenols is 2. The monoisotopic (exact) mass is 486 g/mol. The largest absolute Gasteiger partial charge is 0.508 e. The van der Waals surface area contributed by atoms with Gasteiger partial charge in [0.25, 0.3) is 0 Å². The van der Waals surface area contributed by atoms with Crippen molar-refractivity contribution in [2.24, 2.45) is 0 Å². The number of hydrogen-bond donors (Lipinski definition) is 2. The van der Waals surface area contributed by atoms with Crippen molar-refractivity contribution in [3.8, 4) is 22.6 Å². The smallest absolute Gasteiger partial charge is 0.123 e. The SMILES string of the molecule is CC(C)c1cc(CCCCCCCCCCCCCc2ccc(O)c(-c3ccccc3)c2)ccc1O. The Kier molecular flexibility index (Phi) is 11.9. The Bertz CT molecular complexity index is 1020. The van der Waals surface area contributed by atoms with Crippen molar-refractivity contribution >= 4 is 0 Å². The minimum Gasteiger partial charge on any atom is -0.508 e.